The van der Waals surface area contributed by atoms with Crippen LogP contribution in [-0.2, 0) is 0 Å². The second-order valence-corrected chi connectivity index (χ2v) is 5.34. The summed E-state index contributed by atoms with van der Waals surface area (Å²) in [6, 6.07) is -0.0835. The molecular formula is C11H19F3N2. The van der Waals surface area contributed by atoms with Crippen molar-refractivity contribution in [3.63, 3.8) is 0 Å². The van der Waals surface area contributed by atoms with E-state index in [4.69, 9.17) is 5.73 Å². The molecule has 2 aliphatic rings. The number of nitrogens with zero attached hydrogens (tertiary/aromatic N) is 1. The maximum Gasteiger partial charge on any atom is 0.389 e. The quantitative estimate of drug-likeness (QED) is 0.812. The number of halogens is 3. The van der Waals surface area contributed by atoms with Gasteiger partial charge in [-0.25, -0.2) is 0 Å². The van der Waals surface area contributed by atoms with Gasteiger partial charge in [0.05, 0.1) is 0 Å². The Labute approximate surface area is 94.0 Å². The van der Waals surface area contributed by atoms with E-state index in [0.717, 1.165) is 19.0 Å². The molecule has 2 atom stereocenters. The van der Waals surface area contributed by atoms with Gasteiger partial charge in [0, 0.05) is 32.1 Å². The first-order valence-corrected chi connectivity index (χ1v) is 5.97. The van der Waals surface area contributed by atoms with E-state index >= 15 is 0 Å². The Balaban J connectivity index is 1.83. The molecule has 2 nitrogen and oxygen atoms in total. The molecule has 1 saturated heterocycles. The molecule has 16 heavy (non-hydrogen) atoms. The summed E-state index contributed by atoms with van der Waals surface area (Å²) in [4.78, 5) is 2.13. The molecule has 1 aliphatic carbocycles. The Hall–Kier alpha value is -0.290. The Bertz CT molecular complexity index is 236. The fraction of sp³-hybridized carbons (Fsp3) is 1.00. The molecule has 0 aromatic carbocycles. The summed E-state index contributed by atoms with van der Waals surface area (Å²) in [5.41, 5.74) is 5.82. The maximum absolute atomic E-state index is 12.3. The highest BCUT2D eigenvalue weighted by Crippen LogP contribution is 2.33. The van der Waals surface area contributed by atoms with Gasteiger partial charge in [-0.3, -0.25) is 0 Å². The van der Waals surface area contributed by atoms with Crippen LogP contribution in [0, 0.1) is 11.8 Å². The van der Waals surface area contributed by atoms with Gasteiger partial charge in [0.25, 0.3) is 0 Å². The van der Waals surface area contributed by atoms with Crippen LogP contribution in [0.2, 0.25) is 0 Å². The largest absolute Gasteiger partial charge is 0.389 e. The zero-order chi connectivity index (χ0) is 11.8. The topological polar surface area (TPSA) is 29.3 Å². The van der Waals surface area contributed by atoms with Crippen molar-refractivity contribution in [2.45, 2.75) is 37.9 Å². The molecule has 1 aliphatic heterocycles. The van der Waals surface area contributed by atoms with E-state index in [1.807, 2.05) is 0 Å². The molecule has 94 valence electrons. The van der Waals surface area contributed by atoms with Crippen LogP contribution in [0.3, 0.4) is 0 Å². The van der Waals surface area contributed by atoms with Crippen molar-refractivity contribution in [3.05, 3.63) is 0 Å². The number of hydrogen-bond acceptors (Lipinski definition) is 2. The van der Waals surface area contributed by atoms with Crippen molar-refractivity contribution >= 4 is 0 Å². The summed E-state index contributed by atoms with van der Waals surface area (Å²) >= 11 is 0. The summed E-state index contributed by atoms with van der Waals surface area (Å²) in [5, 5.41) is 0. The van der Waals surface area contributed by atoms with Crippen molar-refractivity contribution in [1.29, 1.82) is 0 Å². The SMILES string of the molecule is NC1CC(CC(F)(F)F)CN(CC2CC2)C1. The summed E-state index contributed by atoms with van der Waals surface area (Å²) in [5.74, 6) is 0.416. The van der Waals surface area contributed by atoms with Gasteiger partial charge >= 0.3 is 6.18 Å². The van der Waals surface area contributed by atoms with Crippen LogP contribution < -0.4 is 5.73 Å². The summed E-state index contributed by atoms with van der Waals surface area (Å²) in [7, 11) is 0. The van der Waals surface area contributed by atoms with Gasteiger partial charge in [-0.2, -0.15) is 13.2 Å². The van der Waals surface area contributed by atoms with Crippen LogP contribution in [0.4, 0.5) is 13.2 Å². The molecule has 0 radical (unpaired) electrons. The smallest absolute Gasteiger partial charge is 0.327 e. The molecule has 0 amide bonds. The van der Waals surface area contributed by atoms with Crippen LogP contribution in [0.5, 0.6) is 0 Å². The number of nitrogens with two attached hydrogens (primary N) is 1. The van der Waals surface area contributed by atoms with Gasteiger partial charge in [0.15, 0.2) is 0 Å². The number of alkyl halides is 3. The standard InChI is InChI=1S/C11H19F3N2/c12-11(13,14)4-9-3-10(15)7-16(6-9)5-8-1-2-8/h8-10H,1-7,15H2. The van der Waals surface area contributed by atoms with E-state index in [-0.39, 0.29) is 12.0 Å². The van der Waals surface area contributed by atoms with Gasteiger partial charge in [0.1, 0.15) is 0 Å². The second-order valence-electron chi connectivity index (χ2n) is 5.34. The maximum atomic E-state index is 12.3. The minimum atomic E-state index is -4.05. The molecule has 0 aromatic heterocycles. The third-order valence-electron chi connectivity index (χ3n) is 3.38. The predicted molar refractivity (Wildman–Crippen MR) is 55.9 cm³/mol. The molecule has 2 rings (SSSR count). The molecule has 2 fully saturated rings. The van der Waals surface area contributed by atoms with Crippen molar-refractivity contribution in [3.8, 4) is 0 Å². The molecule has 2 N–H and O–H groups in total. The number of piperidine rings is 1. The van der Waals surface area contributed by atoms with Crippen molar-refractivity contribution in [2.75, 3.05) is 19.6 Å². The zero-order valence-electron chi connectivity index (χ0n) is 9.34. The first-order chi connectivity index (χ1) is 7.42. The van der Waals surface area contributed by atoms with E-state index < -0.39 is 12.6 Å². The molecule has 0 spiro atoms. The summed E-state index contributed by atoms with van der Waals surface area (Å²) in [6.45, 7) is 2.29. The molecule has 1 heterocycles. The number of hydrogen-bond donors (Lipinski definition) is 1. The van der Waals surface area contributed by atoms with E-state index in [1.54, 1.807) is 0 Å². The Kier molecular flexibility index (Phi) is 3.45. The second kappa shape index (κ2) is 4.53. The lowest BCUT2D eigenvalue weighted by atomic mass is 9.91. The van der Waals surface area contributed by atoms with Crippen LogP contribution in [0.1, 0.15) is 25.7 Å². The van der Waals surface area contributed by atoms with Gasteiger partial charge in [-0.05, 0) is 31.1 Å². The first kappa shape index (κ1) is 12.2. The van der Waals surface area contributed by atoms with Gasteiger partial charge < -0.3 is 10.6 Å². The predicted octanol–water partition coefficient (Wildman–Crippen LogP) is 2.00. The normalized spacial score (nSPS) is 33.0. The highest BCUT2D eigenvalue weighted by atomic mass is 19.4. The van der Waals surface area contributed by atoms with Crippen LogP contribution in [0.25, 0.3) is 0 Å². The third-order valence-corrected chi connectivity index (χ3v) is 3.38. The zero-order valence-corrected chi connectivity index (χ0v) is 9.34. The Morgan fingerprint density at radius 3 is 2.38 bits per heavy atom. The molecule has 0 aromatic rings. The highest BCUT2D eigenvalue weighted by Gasteiger charge is 2.36. The fourth-order valence-electron chi connectivity index (χ4n) is 2.64. The van der Waals surface area contributed by atoms with E-state index in [1.165, 1.54) is 12.8 Å². The lowest BCUT2D eigenvalue weighted by Gasteiger charge is -2.36. The van der Waals surface area contributed by atoms with Crippen molar-refractivity contribution in [2.24, 2.45) is 17.6 Å². The number of rotatable bonds is 3. The molecule has 1 saturated carbocycles. The summed E-state index contributed by atoms with van der Waals surface area (Å²) < 4.78 is 36.9. The minimum absolute atomic E-state index is 0.0835. The molecule has 0 bridgehead atoms. The van der Waals surface area contributed by atoms with E-state index in [2.05, 4.69) is 4.90 Å². The summed E-state index contributed by atoms with van der Waals surface area (Å²) in [6.07, 6.45) is -1.75. The molecule has 2 unspecified atom stereocenters. The average molecular weight is 236 g/mol. The Morgan fingerprint density at radius 1 is 1.12 bits per heavy atom. The van der Waals surface area contributed by atoms with Crippen LogP contribution in [-0.4, -0.2) is 36.8 Å². The van der Waals surface area contributed by atoms with Crippen LogP contribution >= 0.6 is 0 Å². The monoisotopic (exact) mass is 236 g/mol. The highest BCUT2D eigenvalue weighted by molar-refractivity contribution is 4.86. The first-order valence-electron chi connectivity index (χ1n) is 5.97. The van der Waals surface area contributed by atoms with Crippen molar-refractivity contribution in [1.82, 2.24) is 4.90 Å². The molecule has 5 heteroatoms. The van der Waals surface area contributed by atoms with Gasteiger partial charge in [-0.1, -0.05) is 0 Å². The van der Waals surface area contributed by atoms with Gasteiger partial charge in [-0.15, -0.1) is 0 Å². The average Bonchev–Trinajstić information content (AvgIpc) is 2.82. The molecular weight excluding hydrogens is 217 g/mol. The Morgan fingerprint density at radius 2 is 1.81 bits per heavy atom. The van der Waals surface area contributed by atoms with Crippen molar-refractivity contribution < 1.29 is 13.2 Å². The minimum Gasteiger partial charge on any atom is -0.327 e. The lowest BCUT2D eigenvalue weighted by Crippen LogP contribution is -2.48. The van der Waals surface area contributed by atoms with Crippen LogP contribution in [0.15, 0.2) is 0 Å². The third kappa shape index (κ3) is 3.94. The fourth-order valence-corrected chi connectivity index (χ4v) is 2.64. The number of likely N-dealkylation sites (tertiary alicyclic amines) is 1. The lowest BCUT2D eigenvalue weighted by molar-refractivity contribution is -0.148. The van der Waals surface area contributed by atoms with Gasteiger partial charge in [0.2, 0.25) is 0 Å². The van der Waals surface area contributed by atoms with E-state index in [0.29, 0.717) is 13.0 Å². The van der Waals surface area contributed by atoms with E-state index in [9.17, 15) is 13.2 Å².